The van der Waals surface area contributed by atoms with Crippen LogP contribution in [0.2, 0.25) is 0 Å². The Morgan fingerprint density at radius 3 is 2.49 bits per heavy atom. The van der Waals surface area contributed by atoms with E-state index in [1.165, 1.54) is 25.1 Å². The number of hydrogen-bond acceptors (Lipinski definition) is 6. The van der Waals surface area contributed by atoms with Gasteiger partial charge in [0.05, 0.1) is 28.6 Å². The van der Waals surface area contributed by atoms with Crippen molar-refractivity contribution < 1.29 is 45.3 Å². The highest BCUT2D eigenvalue weighted by molar-refractivity contribution is 7.92. The second-order valence-electron chi connectivity index (χ2n) is 9.78. The van der Waals surface area contributed by atoms with E-state index in [0.29, 0.717) is 0 Å². The topological polar surface area (TPSA) is 145 Å². The van der Waals surface area contributed by atoms with Crippen LogP contribution >= 0.6 is 7.52 Å². The quantitative estimate of drug-likeness (QED) is 0.284. The van der Waals surface area contributed by atoms with E-state index < -0.39 is 70.2 Å². The monoisotopic (exact) mass is 589 g/mol. The highest BCUT2D eigenvalue weighted by Gasteiger charge is 2.48. The number of aliphatic hydroxyl groups excluding tert-OH is 1. The van der Waals surface area contributed by atoms with Crippen LogP contribution in [0.4, 0.5) is 28.9 Å². The first-order chi connectivity index (χ1) is 17.8. The minimum Gasteiger partial charge on any atom is -0.506 e. The Hall–Kier alpha value is -3.22. The normalized spacial score (nSPS) is 23.9. The third-order valence-corrected chi connectivity index (χ3v) is 8.85. The van der Waals surface area contributed by atoms with E-state index in [-0.39, 0.29) is 34.2 Å². The fraction of sp³-hybridized carbons (Fsp3) is 0.333. The Labute approximate surface area is 221 Å². The standard InChI is InChI=1S/C24H24F4N3O6PS/c1-12(24(26,27)28)8-9-23(2)16-6-4-13(25)10-15(16)20(32)19(21(23)33)22-29-17-7-5-14(31-39(3,36)37)11-18(17)38(34,35)30-22/h4-7,10-12,31-32H,8-9H2,1-3H3,(H2,29,30,34,35). The van der Waals surface area contributed by atoms with Gasteiger partial charge in [0.2, 0.25) is 10.0 Å². The minimum absolute atomic E-state index is 0.0301. The number of amidine groups is 1. The molecule has 0 bridgehead atoms. The van der Waals surface area contributed by atoms with Crippen molar-refractivity contribution in [2.45, 2.75) is 38.3 Å². The summed E-state index contributed by atoms with van der Waals surface area (Å²) in [5.41, 5.74) is -2.38. The van der Waals surface area contributed by atoms with Crippen LogP contribution < -0.4 is 15.3 Å². The number of rotatable bonds is 6. The first-order valence-corrected chi connectivity index (χ1v) is 15.0. The molecule has 1 aliphatic carbocycles. The highest BCUT2D eigenvalue weighted by Crippen LogP contribution is 2.50. The number of halogens is 4. The third kappa shape index (κ3) is 5.45. The molecule has 1 heterocycles. The van der Waals surface area contributed by atoms with Gasteiger partial charge in [-0.1, -0.05) is 13.0 Å². The molecular weight excluding hydrogens is 565 g/mol. The number of nitrogens with zero attached hydrogens (tertiary/aromatic N) is 1. The molecule has 0 fully saturated rings. The number of fused-ring (bicyclic) bond motifs is 2. The lowest BCUT2D eigenvalue weighted by molar-refractivity contribution is -0.172. The number of nitrogens with one attached hydrogen (secondary N) is 2. The van der Waals surface area contributed by atoms with Crippen LogP contribution in [0.5, 0.6) is 0 Å². The average Bonchev–Trinajstić information content (AvgIpc) is 2.80. The number of carbonyl (C=O) groups excluding carboxylic acids is 1. The summed E-state index contributed by atoms with van der Waals surface area (Å²) in [4.78, 5) is 24.5. The molecule has 0 spiro atoms. The number of aliphatic hydroxyl groups is 1. The molecule has 4 rings (SSSR count). The average molecular weight is 590 g/mol. The predicted molar refractivity (Wildman–Crippen MR) is 138 cm³/mol. The van der Waals surface area contributed by atoms with Crippen molar-refractivity contribution in [1.82, 2.24) is 0 Å². The fourth-order valence-electron chi connectivity index (χ4n) is 4.58. The van der Waals surface area contributed by atoms with Crippen molar-refractivity contribution in [2.24, 2.45) is 10.7 Å². The van der Waals surface area contributed by atoms with Crippen LogP contribution in [-0.4, -0.2) is 42.5 Å². The van der Waals surface area contributed by atoms with E-state index in [9.17, 15) is 45.3 Å². The lowest BCUT2D eigenvalue weighted by atomic mass is 9.66. The molecule has 39 heavy (non-hydrogen) atoms. The summed E-state index contributed by atoms with van der Waals surface area (Å²) in [6.45, 7) is 2.33. The molecule has 2 aliphatic rings. The molecule has 0 saturated heterocycles. The Bertz CT molecular complexity index is 1610. The van der Waals surface area contributed by atoms with Gasteiger partial charge in [0, 0.05) is 11.3 Å². The zero-order chi connectivity index (χ0) is 29.1. The van der Waals surface area contributed by atoms with Crippen molar-refractivity contribution in [3.63, 3.8) is 0 Å². The molecule has 3 unspecified atom stereocenters. The number of Topliss-reactive ketones (excluding diaryl/α,β-unsaturated/α-hetero) is 1. The van der Waals surface area contributed by atoms with E-state index in [1.807, 2.05) is 0 Å². The maximum atomic E-state index is 14.2. The van der Waals surface area contributed by atoms with Gasteiger partial charge in [-0.15, -0.1) is 0 Å². The van der Waals surface area contributed by atoms with Gasteiger partial charge in [0.15, 0.2) is 5.78 Å². The van der Waals surface area contributed by atoms with Crippen molar-refractivity contribution in [3.05, 3.63) is 58.9 Å². The van der Waals surface area contributed by atoms with Crippen LogP contribution in [0, 0.1) is 11.7 Å². The molecule has 0 amide bonds. The minimum atomic E-state index is -4.66. The smallest absolute Gasteiger partial charge is 0.391 e. The summed E-state index contributed by atoms with van der Waals surface area (Å²) < 4.78 is 96.1. The molecule has 0 aromatic heterocycles. The maximum absolute atomic E-state index is 14.2. The largest absolute Gasteiger partial charge is 0.506 e. The Morgan fingerprint density at radius 2 is 1.87 bits per heavy atom. The summed E-state index contributed by atoms with van der Waals surface area (Å²) in [6.07, 6.45) is -4.43. The number of alkyl halides is 3. The molecule has 2 aromatic rings. The molecule has 4 N–H and O–H groups in total. The third-order valence-electron chi connectivity index (χ3n) is 6.77. The lowest BCUT2D eigenvalue weighted by Crippen LogP contribution is -2.43. The van der Waals surface area contributed by atoms with Crippen LogP contribution in [0.15, 0.2) is 46.7 Å². The Morgan fingerprint density at radius 1 is 1.21 bits per heavy atom. The van der Waals surface area contributed by atoms with E-state index >= 15 is 0 Å². The van der Waals surface area contributed by atoms with Crippen LogP contribution in [0.3, 0.4) is 0 Å². The summed E-state index contributed by atoms with van der Waals surface area (Å²) in [7, 11) is -8.38. The zero-order valence-corrected chi connectivity index (χ0v) is 22.5. The summed E-state index contributed by atoms with van der Waals surface area (Å²) in [5.74, 6) is -4.73. The summed E-state index contributed by atoms with van der Waals surface area (Å²) in [5, 5.41) is 13.4. The van der Waals surface area contributed by atoms with Gasteiger partial charge in [-0.3, -0.25) is 14.1 Å². The van der Waals surface area contributed by atoms with Gasteiger partial charge < -0.3 is 15.3 Å². The number of carbonyl (C=O) groups is 1. The van der Waals surface area contributed by atoms with E-state index in [4.69, 9.17) is 0 Å². The molecule has 3 atom stereocenters. The Balaban J connectivity index is 1.82. The maximum Gasteiger partial charge on any atom is 0.391 e. The number of sulfonamides is 1. The molecule has 2 aromatic carbocycles. The van der Waals surface area contributed by atoms with Gasteiger partial charge in [-0.25, -0.2) is 12.8 Å². The number of hydrogen-bond donors (Lipinski definition) is 4. The summed E-state index contributed by atoms with van der Waals surface area (Å²) in [6, 6.07) is 6.76. The SMILES string of the molecule is CC(CCC1(C)C(=O)C(C2=NP(=O)(O)c3cc(NS(C)(=O)=O)ccc3N2)=C(O)c2cc(F)ccc21)C(F)(F)F. The zero-order valence-electron chi connectivity index (χ0n) is 20.8. The van der Waals surface area contributed by atoms with Gasteiger partial charge in [-0.2, -0.15) is 17.9 Å². The van der Waals surface area contributed by atoms with E-state index in [1.54, 1.807) is 0 Å². The lowest BCUT2D eigenvalue weighted by Gasteiger charge is -2.37. The molecule has 1 aliphatic heterocycles. The first-order valence-electron chi connectivity index (χ1n) is 11.5. The van der Waals surface area contributed by atoms with E-state index in [0.717, 1.165) is 31.4 Å². The van der Waals surface area contributed by atoms with E-state index in [2.05, 4.69) is 14.8 Å². The van der Waals surface area contributed by atoms with Crippen molar-refractivity contribution in [1.29, 1.82) is 0 Å². The highest BCUT2D eigenvalue weighted by atomic mass is 32.2. The molecule has 0 radical (unpaired) electrons. The first kappa shape index (κ1) is 28.8. The van der Waals surface area contributed by atoms with Gasteiger partial charge in [-0.05, 0) is 55.7 Å². The fourth-order valence-corrected chi connectivity index (χ4v) is 6.42. The van der Waals surface area contributed by atoms with Crippen LogP contribution in [0.1, 0.15) is 37.8 Å². The van der Waals surface area contributed by atoms with Gasteiger partial charge in [0.25, 0.3) is 0 Å². The number of anilines is 2. The van der Waals surface area contributed by atoms with Crippen molar-refractivity contribution in [2.75, 3.05) is 16.3 Å². The number of benzene rings is 2. The molecular formula is C24H24F4N3O6PS. The number of ketones is 1. The molecule has 9 nitrogen and oxygen atoms in total. The predicted octanol–water partition coefficient (Wildman–Crippen LogP) is 4.62. The molecule has 210 valence electrons. The van der Waals surface area contributed by atoms with Gasteiger partial charge >= 0.3 is 13.7 Å². The van der Waals surface area contributed by atoms with Crippen molar-refractivity contribution in [3.8, 4) is 0 Å². The van der Waals surface area contributed by atoms with Crippen LogP contribution in [0.25, 0.3) is 5.76 Å². The molecule has 15 heteroatoms. The van der Waals surface area contributed by atoms with Crippen LogP contribution in [-0.2, 0) is 24.8 Å². The summed E-state index contributed by atoms with van der Waals surface area (Å²) >= 11 is 0. The second kappa shape index (κ2) is 9.46. The van der Waals surface area contributed by atoms with Crippen molar-refractivity contribution >= 4 is 51.6 Å². The van der Waals surface area contributed by atoms with Gasteiger partial charge in [0.1, 0.15) is 23.0 Å². The second-order valence-corrected chi connectivity index (χ2v) is 13.3. The Kier molecular flexibility index (Phi) is 6.98. The molecule has 0 saturated carbocycles.